The highest BCUT2D eigenvalue weighted by Gasteiger charge is 2.12. The summed E-state index contributed by atoms with van der Waals surface area (Å²) >= 11 is 2.79. The molecular formula is C20H17N3S2. The summed E-state index contributed by atoms with van der Waals surface area (Å²) < 4.78 is 1.20. The van der Waals surface area contributed by atoms with Crippen molar-refractivity contribution in [2.24, 2.45) is 0 Å². The van der Waals surface area contributed by atoms with Crippen LogP contribution < -0.4 is 4.90 Å². The molecular weight excluding hydrogens is 346 g/mol. The molecule has 3 aromatic rings. The van der Waals surface area contributed by atoms with Crippen LogP contribution in [-0.2, 0) is 0 Å². The van der Waals surface area contributed by atoms with Crippen molar-refractivity contribution in [2.75, 3.05) is 19.0 Å². The van der Waals surface area contributed by atoms with Crippen molar-refractivity contribution in [1.29, 1.82) is 5.26 Å². The lowest BCUT2D eigenvalue weighted by molar-refractivity contribution is 1.12. The van der Waals surface area contributed by atoms with E-state index in [2.05, 4.69) is 56.2 Å². The Morgan fingerprint density at radius 1 is 1.12 bits per heavy atom. The maximum atomic E-state index is 8.68. The van der Waals surface area contributed by atoms with E-state index < -0.39 is 0 Å². The molecule has 0 saturated carbocycles. The van der Waals surface area contributed by atoms with Crippen molar-refractivity contribution < 1.29 is 0 Å². The number of nitriles is 1. The topological polar surface area (TPSA) is 39.9 Å². The second kappa shape index (κ2) is 7.19. The summed E-state index contributed by atoms with van der Waals surface area (Å²) in [7, 11) is 4.12. The third-order valence-corrected chi connectivity index (χ3v) is 5.58. The molecule has 0 N–H and O–H groups in total. The Morgan fingerprint density at radius 2 is 1.84 bits per heavy atom. The van der Waals surface area contributed by atoms with Crippen molar-refractivity contribution in [3.8, 4) is 17.2 Å². The Kier molecular flexibility index (Phi) is 4.99. The van der Waals surface area contributed by atoms with E-state index >= 15 is 0 Å². The Bertz CT molecular complexity index is 1030. The van der Waals surface area contributed by atoms with Gasteiger partial charge in [-0.2, -0.15) is 5.26 Å². The van der Waals surface area contributed by atoms with E-state index in [1.165, 1.54) is 21.5 Å². The SMILES string of the molecule is Cc1cc(N(C)C)c(C)c2sc(C#Cc3ccc(SC#N)cc3)nc12. The average Bonchev–Trinajstić information content (AvgIpc) is 3.03. The maximum Gasteiger partial charge on any atom is 0.168 e. The standard InChI is InChI=1S/C20H17N3S2/c1-13-11-17(23(3)4)14(2)20-19(13)22-18(25-20)10-7-15-5-8-16(9-6-15)24-12-21/h5-6,8-9,11H,1-4H3. The summed E-state index contributed by atoms with van der Waals surface area (Å²) in [5.41, 5.74) is 5.60. The van der Waals surface area contributed by atoms with Crippen LogP contribution in [0.2, 0.25) is 0 Å². The largest absolute Gasteiger partial charge is 0.377 e. The number of fused-ring (bicyclic) bond motifs is 1. The van der Waals surface area contributed by atoms with Crippen LogP contribution in [-0.4, -0.2) is 19.1 Å². The van der Waals surface area contributed by atoms with Gasteiger partial charge >= 0.3 is 0 Å². The van der Waals surface area contributed by atoms with Crippen LogP contribution >= 0.6 is 23.1 Å². The Balaban J connectivity index is 1.97. The molecule has 0 unspecified atom stereocenters. The predicted octanol–water partition coefficient (Wildman–Crippen LogP) is 4.95. The molecule has 25 heavy (non-hydrogen) atoms. The van der Waals surface area contributed by atoms with Gasteiger partial charge < -0.3 is 4.90 Å². The van der Waals surface area contributed by atoms with Crippen LogP contribution in [0.1, 0.15) is 21.7 Å². The van der Waals surface area contributed by atoms with Crippen LogP contribution in [0.3, 0.4) is 0 Å². The molecule has 2 aromatic carbocycles. The van der Waals surface area contributed by atoms with Crippen molar-refractivity contribution in [1.82, 2.24) is 4.98 Å². The molecule has 0 aliphatic rings. The maximum absolute atomic E-state index is 8.68. The van der Waals surface area contributed by atoms with E-state index in [4.69, 9.17) is 10.2 Å². The molecule has 0 aliphatic heterocycles. The van der Waals surface area contributed by atoms with Gasteiger partial charge in [0.15, 0.2) is 5.01 Å². The first-order chi connectivity index (χ1) is 12.0. The molecule has 0 amide bonds. The summed E-state index contributed by atoms with van der Waals surface area (Å²) in [5, 5.41) is 11.6. The third-order valence-electron chi connectivity index (χ3n) is 3.89. The zero-order valence-electron chi connectivity index (χ0n) is 14.5. The van der Waals surface area contributed by atoms with E-state index in [1.807, 2.05) is 24.3 Å². The molecule has 0 fully saturated rings. The summed E-state index contributed by atoms with van der Waals surface area (Å²) in [6, 6.07) is 9.86. The van der Waals surface area contributed by atoms with Gasteiger partial charge in [-0.25, -0.2) is 4.98 Å². The molecule has 0 saturated heterocycles. The molecule has 0 radical (unpaired) electrons. The van der Waals surface area contributed by atoms with Crippen LogP contribution in [0.15, 0.2) is 35.2 Å². The number of nitrogens with zero attached hydrogens (tertiary/aromatic N) is 3. The monoisotopic (exact) mass is 363 g/mol. The molecule has 1 heterocycles. The summed E-state index contributed by atoms with van der Waals surface area (Å²) in [5.74, 6) is 6.34. The lowest BCUT2D eigenvalue weighted by Crippen LogP contribution is -2.10. The number of anilines is 1. The lowest BCUT2D eigenvalue weighted by atomic mass is 10.1. The Morgan fingerprint density at radius 3 is 2.48 bits per heavy atom. The number of hydrogen-bond acceptors (Lipinski definition) is 5. The van der Waals surface area contributed by atoms with Gasteiger partial charge in [0.25, 0.3) is 0 Å². The van der Waals surface area contributed by atoms with E-state index in [0.29, 0.717) is 0 Å². The summed E-state index contributed by atoms with van der Waals surface area (Å²) in [6.45, 7) is 4.23. The first kappa shape index (κ1) is 17.4. The van der Waals surface area contributed by atoms with E-state index in [1.54, 1.807) is 11.3 Å². The van der Waals surface area contributed by atoms with Crippen LogP contribution in [0, 0.1) is 36.4 Å². The molecule has 0 spiro atoms. The summed E-state index contributed by atoms with van der Waals surface area (Å²) in [4.78, 5) is 7.77. The minimum absolute atomic E-state index is 0.826. The van der Waals surface area contributed by atoms with Gasteiger partial charge in [-0.1, -0.05) is 5.92 Å². The van der Waals surface area contributed by atoms with E-state index in [-0.39, 0.29) is 0 Å². The predicted molar refractivity (Wildman–Crippen MR) is 107 cm³/mol. The minimum Gasteiger partial charge on any atom is -0.377 e. The number of aromatic nitrogens is 1. The molecule has 1 aromatic heterocycles. The van der Waals surface area contributed by atoms with Crippen LogP contribution in [0.4, 0.5) is 5.69 Å². The highest BCUT2D eigenvalue weighted by atomic mass is 32.2. The third kappa shape index (κ3) is 3.64. The molecule has 124 valence electrons. The highest BCUT2D eigenvalue weighted by molar-refractivity contribution is 8.03. The number of thiocyanates is 1. The summed E-state index contributed by atoms with van der Waals surface area (Å²) in [6.07, 6.45) is 0. The number of hydrogen-bond donors (Lipinski definition) is 0. The number of benzene rings is 2. The molecule has 0 aliphatic carbocycles. The Hall–Kier alpha value is -2.47. The molecule has 0 atom stereocenters. The van der Waals surface area contributed by atoms with Crippen molar-refractivity contribution in [3.05, 3.63) is 52.0 Å². The molecule has 3 rings (SSSR count). The minimum atomic E-state index is 0.826. The number of thioether (sulfide) groups is 1. The second-order valence-electron chi connectivity index (χ2n) is 5.90. The fourth-order valence-electron chi connectivity index (χ4n) is 2.64. The first-order valence-electron chi connectivity index (χ1n) is 7.75. The second-order valence-corrected chi connectivity index (χ2v) is 7.75. The van der Waals surface area contributed by atoms with E-state index in [9.17, 15) is 0 Å². The van der Waals surface area contributed by atoms with Gasteiger partial charge in [-0.3, -0.25) is 0 Å². The lowest BCUT2D eigenvalue weighted by Gasteiger charge is -2.16. The zero-order chi connectivity index (χ0) is 18.0. The fraction of sp³-hybridized carbons (Fsp3) is 0.200. The first-order valence-corrected chi connectivity index (χ1v) is 9.39. The van der Waals surface area contributed by atoms with Crippen LogP contribution in [0.5, 0.6) is 0 Å². The van der Waals surface area contributed by atoms with Crippen molar-refractivity contribution >= 4 is 39.0 Å². The highest BCUT2D eigenvalue weighted by Crippen LogP contribution is 2.33. The smallest absolute Gasteiger partial charge is 0.168 e. The van der Waals surface area contributed by atoms with Gasteiger partial charge in [0.2, 0.25) is 0 Å². The van der Waals surface area contributed by atoms with Crippen molar-refractivity contribution in [3.63, 3.8) is 0 Å². The fourth-order valence-corrected chi connectivity index (χ4v) is 4.01. The number of thiazole rings is 1. The Labute approximate surface area is 156 Å². The van der Waals surface area contributed by atoms with Gasteiger partial charge in [-0.15, -0.1) is 11.3 Å². The number of aryl methyl sites for hydroxylation is 2. The van der Waals surface area contributed by atoms with Gasteiger partial charge in [0.05, 0.1) is 10.2 Å². The molecule has 0 bridgehead atoms. The van der Waals surface area contributed by atoms with Gasteiger partial charge in [0, 0.05) is 30.2 Å². The van der Waals surface area contributed by atoms with Gasteiger partial charge in [0.1, 0.15) is 5.40 Å². The molecule has 3 nitrogen and oxygen atoms in total. The van der Waals surface area contributed by atoms with E-state index in [0.717, 1.165) is 32.7 Å². The molecule has 5 heteroatoms. The van der Waals surface area contributed by atoms with Crippen LogP contribution in [0.25, 0.3) is 10.2 Å². The van der Waals surface area contributed by atoms with Gasteiger partial charge in [-0.05, 0) is 73.0 Å². The number of rotatable bonds is 2. The zero-order valence-corrected chi connectivity index (χ0v) is 16.2. The van der Waals surface area contributed by atoms with Crippen molar-refractivity contribution in [2.45, 2.75) is 18.7 Å². The normalized spacial score (nSPS) is 10.2. The average molecular weight is 364 g/mol. The quantitative estimate of drug-likeness (QED) is 0.367.